The van der Waals surface area contributed by atoms with E-state index < -0.39 is 16.3 Å². The molecule has 4 rings (SSSR count). The number of anilines is 1. The molecule has 1 aliphatic heterocycles. The van der Waals surface area contributed by atoms with Crippen LogP contribution in [0, 0.1) is 6.92 Å². The number of rotatable bonds is 9. The zero-order chi connectivity index (χ0) is 24.8. The quantitative estimate of drug-likeness (QED) is 0.190. The normalized spacial score (nSPS) is 15.6. The molecule has 6 nitrogen and oxygen atoms in total. The van der Waals surface area contributed by atoms with Crippen LogP contribution in [0.1, 0.15) is 56.4 Å². The molecule has 1 aliphatic rings. The Morgan fingerprint density at radius 3 is 2.37 bits per heavy atom. The third-order valence-electron chi connectivity index (χ3n) is 6.08. The summed E-state index contributed by atoms with van der Waals surface area (Å²) in [6.45, 7) is 4.08. The van der Waals surface area contributed by atoms with E-state index in [1.807, 2.05) is 60.4 Å². The Balaban J connectivity index is 1.78. The fourth-order valence-electron chi connectivity index (χ4n) is 4.14. The number of para-hydroxylation sites is 2. The van der Waals surface area contributed by atoms with Crippen molar-refractivity contribution in [1.82, 2.24) is 0 Å². The van der Waals surface area contributed by atoms with Gasteiger partial charge in [-0.15, -0.1) is 4.40 Å². The first kappa shape index (κ1) is 24.8. The van der Waals surface area contributed by atoms with Gasteiger partial charge < -0.3 is 9.47 Å². The Labute approximate surface area is 208 Å². The number of hydrogen-bond donors (Lipinski definition) is 0. The first-order valence-electron chi connectivity index (χ1n) is 12.0. The zero-order valence-electron chi connectivity index (χ0n) is 20.5. The SMILES string of the molecule is CCCCCC/C(=N\S(=O)(=O)c1ccc(C)cc1)N1c2ccccc2OC1c1ccc(OC)cc1. The lowest BCUT2D eigenvalue weighted by molar-refractivity contribution is 0.242. The topological polar surface area (TPSA) is 68.2 Å². The largest absolute Gasteiger partial charge is 0.497 e. The van der Waals surface area contributed by atoms with E-state index in [1.165, 1.54) is 0 Å². The average molecular weight is 493 g/mol. The Hall–Kier alpha value is -3.32. The van der Waals surface area contributed by atoms with Crippen LogP contribution in [-0.4, -0.2) is 21.4 Å². The van der Waals surface area contributed by atoms with Gasteiger partial charge in [-0.05, 0) is 61.9 Å². The summed E-state index contributed by atoms with van der Waals surface area (Å²) < 4.78 is 42.8. The molecule has 0 N–H and O–H groups in total. The molecule has 35 heavy (non-hydrogen) atoms. The van der Waals surface area contributed by atoms with Crippen LogP contribution in [0.4, 0.5) is 5.69 Å². The summed E-state index contributed by atoms with van der Waals surface area (Å²) in [7, 11) is -2.28. The lowest BCUT2D eigenvalue weighted by Gasteiger charge is -2.27. The van der Waals surface area contributed by atoms with E-state index in [0.29, 0.717) is 18.0 Å². The molecule has 0 aromatic heterocycles. The Morgan fingerprint density at radius 2 is 1.69 bits per heavy atom. The van der Waals surface area contributed by atoms with Gasteiger partial charge in [0.1, 0.15) is 17.3 Å². The highest BCUT2D eigenvalue weighted by Gasteiger charge is 2.36. The van der Waals surface area contributed by atoms with Crippen LogP contribution in [0.25, 0.3) is 0 Å². The summed E-state index contributed by atoms with van der Waals surface area (Å²) in [6, 6.07) is 22.1. The van der Waals surface area contributed by atoms with E-state index in [0.717, 1.165) is 48.2 Å². The molecule has 3 aromatic carbocycles. The molecule has 0 radical (unpaired) electrons. The fourth-order valence-corrected chi connectivity index (χ4v) is 5.18. The summed E-state index contributed by atoms with van der Waals surface area (Å²) in [5.41, 5.74) is 2.69. The molecule has 184 valence electrons. The van der Waals surface area contributed by atoms with Gasteiger partial charge in [0.2, 0.25) is 6.23 Å². The molecule has 0 bridgehead atoms. The number of amidine groups is 1. The summed E-state index contributed by atoms with van der Waals surface area (Å²) in [5.74, 6) is 1.92. The van der Waals surface area contributed by atoms with Crippen LogP contribution in [0.2, 0.25) is 0 Å². The molecule has 7 heteroatoms. The number of unbranched alkanes of at least 4 members (excludes halogenated alkanes) is 3. The number of sulfonamides is 1. The molecule has 0 saturated heterocycles. The van der Waals surface area contributed by atoms with Crippen LogP contribution in [0.3, 0.4) is 0 Å². The van der Waals surface area contributed by atoms with Gasteiger partial charge in [0.05, 0.1) is 17.7 Å². The predicted octanol–water partition coefficient (Wildman–Crippen LogP) is 6.66. The lowest BCUT2D eigenvalue weighted by Crippen LogP contribution is -2.34. The first-order valence-corrected chi connectivity index (χ1v) is 13.5. The van der Waals surface area contributed by atoms with Crippen LogP contribution in [0.15, 0.2) is 82.1 Å². The minimum Gasteiger partial charge on any atom is -0.497 e. The van der Waals surface area contributed by atoms with Crippen molar-refractivity contribution in [3.05, 3.63) is 83.9 Å². The van der Waals surface area contributed by atoms with Gasteiger partial charge in [0.15, 0.2) is 0 Å². The van der Waals surface area contributed by atoms with Crippen LogP contribution in [0.5, 0.6) is 11.5 Å². The molecule has 0 aliphatic carbocycles. The maximum absolute atomic E-state index is 13.4. The molecular formula is C28H32N2O4S. The second-order valence-electron chi connectivity index (χ2n) is 8.69. The predicted molar refractivity (Wildman–Crippen MR) is 140 cm³/mol. The third kappa shape index (κ3) is 5.68. The van der Waals surface area contributed by atoms with Crippen LogP contribution >= 0.6 is 0 Å². The van der Waals surface area contributed by atoms with Gasteiger partial charge in [0.25, 0.3) is 10.0 Å². The monoisotopic (exact) mass is 492 g/mol. The number of benzene rings is 3. The molecule has 1 atom stereocenters. The standard InChI is InChI=1S/C28H32N2O4S/c1-4-5-6-7-12-27(29-35(31,32)24-19-13-21(2)14-20-24)30-25-10-8-9-11-26(25)34-28(30)22-15-17-23(33-3)18-16-22/h8-11,13-20,28H,4-7,12H2,1-3H3/b29-27+. The highest BCUT2D eigenvalue weighted by Crippen LogP contribution is 2.44. The van der Waals surface area contributed by atoms with Crippen molar-refractivity contribution in [2.45, 2.75) is 57.1 Å². The van der Waals surface area contributed by atoms with E-state index in [9.17, 15) is 8.42 Å². The molecule has 3 aromatic rings. The van der Waals surface area contributed by atoms with Crippen molar-refractivity contribution >= 4 is 21.5 Å². The van der Waals surface area contributed by atoms with Gasteiger partial charge in [-0.3, -0.25) is 4.90 Å². The number of fused-ring (bicyclic) bond motifs is 1. The Morgan fingerprint density at radius 1 is 0.971 bits per heavy atom. The van der Waals surface area contributed by atoms with E-state index in [2.05, 4.69) is 11.3 Å². The van der Waals surface area contributed by atoms with Gasteiger partial charge in [-0.25, -0.2) is 0 Å². The van der Waals surface area contributed by atoms with Gasteiger partial charge in [-0.2, -0.15) is 8.42 Å². The Kier molecular flexibility index (Phi) is 7.76. The summed E-state index contributed by atoms with van der Waals surface area (Å²) in [5, 5.41) is 0. The number of hydrogen-bond acceptors (Lipinski definition) is 4. The number of nitrogens with zero attached hydrogens (tertiary/aromatic N) is 2. The van der Waals surface area contributed by atoms with E-state index in [-0.39, 0.29) is 4.90 Å². The average Bonchev–Trinajstić information content (AvgIpc) is 3.26. The molecule has 1 heterocycles. The molecule has 0 saturated carbocycles. The van der Waals surface area contributed by atoms with E-state index in [4.69, 9.17) is 9.47 Å². The highest BCUT2D eigenvalue weighted by atomic mass is 32.2. The molecular weight excluding hydrogens is 460 g/mol. The third-order valence-corrected chi connectivity index (χ3v) is 7.39. The van der Waals surface area contributed by atoms with Crippen molar-refractivity contribution in [2.75, 3.05) is 12.0 Å². The second-order valence-corrected chi connectivity index (χ2v) is 10.3. The van der Waals surface area contributed by atoms with E-state index in [1.54, 1.807) is 31.4 Å². The molecule has 0 spiro atoms. The lowest BCUT2D eigenvalue weighted by atomic mass is 10.1. The minimum atomic E-state index is -3.90. The number of ether oxygens (including phenoxy) is 2. The first-order chi connectivity index (χ1) is 16.9. The maximum atomic E-state index is 13.4. The second kappa shape index (κ2) is 11.0. The highest BCUT2D eigenvalue weighted by molar-refractivity contribution is 7.90. The molecule has 0 amide bonds. The van der Waals surface area contributed by atoms with Gasteiger partial charge in [-0.1, -0.05) is 56.0 Å². The number of aryl methyl sites for hydroxylation is 1. The van der Waals surface area contributed by atoms with Gasteiger partial charge >= 0.3 is 0 Å². The van der Waals surface area contributed by atoms with Crippen molar-refractivity contribution in [3.8, 4) is 11.5 Å². The maximum Gasteiger partial charge on any atom is 0.283 e. The van der Waals surface area contributed by atoms with Crippen molar-refractivity contribution in [3.63, 3.8) is 0 Å². The van der Waals surface area contributed by atoms with Crippen molar-refractivity contribution in [1.29, 1.82) is 0 Å². The molecule has 1 unspecified atom stereocenters. The van der Waals surface area contributed by atoms with Crippen LogP contribution < -0.4 is 14.4 Å². The Bertz CT molecular complexity index is 1270. The van der Waals surface area contributed by atoms with Crippen molar-refractivity contribution < 1.29 is 17.9 Å². The van der Waals surface area contributed by atoms with Crippen molar-refractivity contribution in [2.24, 2.45) is 4.40 Å². The number of methoxy groups -OCH3 is 1. The van der Waals surface area contributed by atoms with Gasteiger partial charge in [0, 0.05) is 12.0 Å². The molecule has 0 fully saturated rings. The summed E-state index contributed by atoms with van der Waals surface area (Å²) in [4.78, 5) is 2.11. The van der Waals surface area contributed by atoms with Crippen LogP contribution in [-0.2, 0) is 10.0 Å². The smallest absolute Gasteiger partial charge is 0.283 e. The summed E-state index contributed by atoms with van der Waals surface area (Å²) >= 11 is 0. The fraction of sp³-hybridized carbons (Fsp3) is 0.321. The minimum absolute atomic E-state index is 0.184. The zero-order valence-corrected chi connectivity index (χ0v) is 21.3. The van der Waals surface area contributed by atoms with E-state index >= 15 is 0 Å². The summed E-state index contributed by atoms with van der Waals surface area (Å²) in [6.07, 6.45) is 4.02.